The molecule has 32 aromatic rings. The molecule has 0 saturated heterocycles. The molecule has 686 valence electrons. The van der Waals surface area contributed by atoms with Crippen molar-refractivity contribution in [2.75, 3.05) is 0 Å². The van der Waals surface area contributed by atoms with Crippen LogP contribution in [0.25, 0.3) is 287 Å². The molecular weight excluding hydrogens is 1870 g/mol. The first-order valence-corrected chi connectivity index (χ1v) is 52.3. The number of benzene rings is 20. The van der Waals surface area contributed by atoms with Crippen LogP contribution in [0.1, 0.15) is 0 Å². The molecule has 0 aliphatic rings. The van der Waals surface area contributed by atoms with Gasteiger partial charge in [0.05, 0.1) is 60.9 Å². The zero-order valence-corrected chi connectivity index (χ0v) is 81.7. The smallest absolute Gasteiger partial charge is 0.238 e. The molecule has 0 unspecified atom stereocenters. The van der Waals surface area contributed by atoms with Crippen LogP contribution in [-0.4, -0.2) is 62.7 Å². The summed E-state index contributed by atoms with van der Waals surface area (Å²) in [5.41, 5.74) is 21.6. The molecule has 32 rings (SSSR count). The van der Waals surface area contributed by atoms with E-state index in [1.165, 1.54) is 151 Å². The number of rotatable bonds is 11. The van der Waals surface area contributed by atoms with Crippen LogP contribution in [0.3, 0.4) is 0 Å². The van der Waals surface area contributed by atoms with Crippen LogP contribution in [0.4, 0.5) is 0 Å². The van der Waals surface area contributed by atoms with Gasteiger partial charge in [0.2, 0.25) is 17.8 Å². The highest BCUT2D eigenvalue weighted by Crippen LogP contribution is 2.51. The van der Waals surface area contributed by atoms with E-state index in [1.54, 1.807) is 0 Å². The second-order valence-electron chi connectivity index (χ2n) is 37.1. The summed E-state index contributed by atoms with van der Waals surface area (Å²) in [6.07, 6.45) is 1.88. The van der Waals surface area contributed by atoms with Crippen LogP contribution in [0.5, 0.6) is 0 Å². The maximum absolute atomic E-state index is 5.22. The first-order chi connectivity index (χ1) is 72.9. The number of aromatic nitrogens is 13. The Bertz CT molecular complexity index is 10800. The predicted molar refractivity (Wildman–Crippen MR) is 618 cm³/mol. The van der Waals surface area contributed by atoms with Crippen molar-refractivity contribution in [2.45, 2.75) is 0 Å². The third-order valence-corrected chi connectivity index (χ3v) is 33.7. The fraction of sp³-hybridized carbons (Fsp3) is 0. The zero-order valence-electron chi connectivity index (χ0n) is 78.4. The Balaban J connectivity index is 0.000000102. The van der Waals surface area contributed by atoms with Crippen LogP contribution in [-0.2, 0) is 0 Å². The molecule has 12 heterocycles. The van der Waals surface area contributed by atoms with E-state index in [1.807, 2.05) is 130 Å². The van der Waals surface area contributed by atoms with Gasteiger partial charge in [-0.05, 0) is 126 Å². The van der Waals surface area contributed by atoms with Crippen LogP contribution >= 0.6 is 45.3 Å². The molecule has 147 heavy (non-hydrogen) atoms. The fourth-order valence-corrected chi connectivity index (χ4v) is 27.3. The largest absolute Gasteiger partial charge is 0.309 e. The lowest BCUT2D eigenvalue weighted by molar-refractivity contribution is 0.953. The van der Waals surface area contributed by atoms with Crippen LogP contribution in [0, 0.1) is 0 Å². The van der Waals surface area contributed by atoms with Crippen molar-refractivity contribution in [1.29, 1.82) is 0 Å². The first-order valence-electron chi connectivity index (χ1n) is 49.1. The van der Waals surface area contributed by atoms with Crippen LogP contribution < -0.4 is 0 Å². The summed E-state index contributed by atoms with van der Waals surface area (Å²) in [6, 6.07) is 163. The Morgan fingerprint density at radius 1 is 0.163 bits per heavy atom. The normalized spacial score (nSPS) is 11.9. The van der Waals surface area contributed by atoms with Gasteiger partial charge >= 0.3 is 0 Å². The maximum Gasteiger partial charge on any atom is 0.238 e. The summed E-state index contributed by atoms with van der Waals surface area (Å²) in [5, 5.41) is 22.5. The molecule has 20 aromatic carbocycles. The average molecular weight is 1950 g/mol. The molecule has 0 aliphatic carbocycles. The van der Waals surface area contributed by atoms with Gasteiger partial charge in [-0.25, -0.2) is 19.9 Å². The fourth-order valence-electron chi connectivity index (χ4n) is 22.3. The Kier molecular flexibility index (Phi) is 19.5. The van der Waals surface area contributed by atoms with Gasteiger partial charge in [0.15, 0.2) is 23.3 Å². The summed E-state index contributed by atoms with van der Waals surface area (Å²) >= 11 is 7.42. The molecule has 0 aliphatic heterocycles. The molecular formula is C130H77N13S4. The third kappa shape index (κ3) is 13.6. The monoisotopic (exact) mass is 1950 g/mol. The van der Waals surface area contributed by atoms with Crippen molar-refractivity contribution in [3.8, 4) is 97.2 Å². The van der Waals surface area contributed by atoms with Crippen molar-refractivity contribution < 1.29 is 0 Å². The summed E-state index contributed by atoms with van der Waals surface area (Å²) in [4.78, 5) is 40.9. The van der Waals surface area contributed by atoms with E-state index < -0.39 is 0 Å². The van der Waals surface area contributed by atoms with E-state index in [0.717, 1.165) is 94.5 Å². The highest BCUT2D eigenvalue weighted by molar-refractivity contribution is 7.28. The summed E-state index contributed by atoms with van der Waals surface area (Å²) in [7, 11) is 0. The minimum absolute atomic E-state index is 0.591. The van der Waals surface area contributed by atoms with E-state index in [-0.39, 0.29) is 0 Å². The summed E-state index contributed by atoms with van der Waals surface area (Å²) < 4.78 is 21.7. The number of fused-ring (bicyclic) bond motifs is 30. The van der Waals surface area contributed by atoms with E-state index in [4.69, 9.17) is 39.9 Å². The average Bonchev–Trinajstić information content (AvgIpc) is 1.58. The van der Waals surface area contributed by atoms with Gasteiger partial charge < -0.3 is 9.13 Å². The molecule has 0 saturated carbocycles. The molecule has 17 heteroatoms. The lowest BCUT2D eigenvalue weighted by Gasteiger charge is -2.11. The molecule has 0 amide bonds. The van der Waals surface area contributed by atoms with Crippen molar-refractivity contribution in [3.05, 3.63) is 467 Å². The highest BCUT2D eigenvalue weighted by atomic mass is 32.1. The lowest BCUT2D eigenvalue weighted by atomic mass is 10.0. The molecule has 13 nitrogen and oxygen atoms in total. The SMILES string of the molecule is c1ccc(-c2nc(-c3ccccc3)nc(-n3c4cc(-c5cccc6c5sc5ccccc56)ccc4c4c5sc6ccccc6c5ccc43)n2)cc1.c1ccc(-c2nc(-c3ccccc3)nc(-n3c4ccc(-n5c6ccccc6c6ccccc65)cc4c4c5sc6ccccc6c5ccc43)n2)cc1.c1ccc(-n2c3ccccc3c3ccc(-c4ccnc(-n5c6ccccc6c6c7sc8ccccc8c7ccc65)n4)cc32)cc1. The van der Waals surface area contributed by atoms with Crippen molar-refractivity contribution >= 4 is 235 Å². The van der Waals surface area contributed by atoms with Gasteiger partial charge in [0.1, 0.15) is 0 Å². The van der Waals surface area contributed by atoms with Gasteiger partial charge in [-0.3, -0.25) is 13.7 Å². The second kappa shape index (κ2) is 34.1. The van der Waals surface area contributed by atoms with E-state index in [9.17, 15) is 0 Å². The first kappa shape index (κ1) is 84.1. The van der Waals surface area contributed by atoms with Gasteiger partial charge in [0, 0.05) is 180 Å². The topological polar surface area (TPSA) is 128 Å². The van der Waals surface area contributed by atoms with E-state index >= 15 is 0 Å². The zero-order chi connectivity index (χ0) is 96.4. The van der Waals surface area contributed by atoms with Crippen molar-refractivity contribution in [3.63, 3.8) is 0 Å². The van der Waals surface area contributed by atoms with Gasteiger partial charge in [-0.2, -0.15) is 19.9 Å². The van der Waals surface area contributed by atoms with Gasteiger partial charge in [0.25, 0.3) is 0 Å². The van der Waals surface area contributed by atoms with Crippen LogP contribution in [0.2, 0.25) is 0 Å². The predicted octanol–water partition coefficient (Wildman–Crippen LogP) is 35.2. The molecule has 0 radical (unpaired) electrons. The highest BCUT2D eigenvalue weighted by Gasteiger charge is 2.28. The van der Waals surface area contributed by atoms with E-state index in [2.05, 4.69) is 405 Å². The minimum Gasteiger partial charge on any atom is -0.309 e. The number of para-hydroxylation sites is 5. The summed E-state index contributed by atoms with van der Waals surface area (Å²) in [6.45, 7) is 0. The molecule has 0 N–H and O–H groups in total. The van der Waals surface area contributed by atoms with E-state index in [0.29, 0.717) is 41.1 Å². The van der Waals surface area contributed by atoms with Gasteiger partial charge in [-0.1, -0.05) is 346 Å². The third-order valence-electron chi connectivity index (χ3n) is 28.9. The number of thiophene rings is 4. The molecule has 0 bridgehead atoms. The Labute approximate surface area is 855 Å². The lowest BCUT2D eigenvalue weighted by Crippen LogP contribution is -2.06. The van der Waals surface area contributed by atoms with Crippen molar-refractivity contribution in [2.24, 2.45) is 0 Å². The Morgan fingerprint density at radius 3 is 0.946 bits per heavy atom. The second-order valence-corrected chi connectivity index (χ2v) is 41.3. The van der Waals surface area contributed by atoms with Crippen molar-refractivity contribution in [1.82, 2.24) is 62.7 Å². The quantitative estimate of drug-likeness (QED) is 0.125. The summed E-state index contributed by atoms with van der Waals surface area (Å²) in [5.74, 6) is 4.42. The number of hydrogen-bond acceptors (Lipinski definition) is 12. The molecule has 0 fully saturated rings. The Morgan fingerprint density at radius 2 is 0.476 bits per heavy atom. The van der Waals surface area contributed by atoms with Gasteiger partial charge in [-0.15, -0.1) is 45.3 Å². The number of hydrogen-bond donors (Lipinski definition) is 0. The number of nitrogens with zero attached hydrogens (tertiary/aromatic N) is 13. The molecule has 0 atom stereocenters. The Hall–Kier alpha value is -18.6. The van der Waals surface area contributed by atoms with Crippen LogP contribution in [0.15, 0.2) is 467 Å². The molecule has 0 spiro atoms. The molecule has 12 aromatic heterocycles. The maximum atomic E-state index is 5.22. The minimum atomic E-state index is 0.591. The standard InChI is InChI=1S/C45H27N5S.C45H26N4S2.C40H24N4S/c1-3-13-28(14-4-1)43-46-44(29-15-5-2-6-16-29)48-45(47-43)50-38-25-23-30(49-36-20-10-7-17-31(36)32-18-8-11-21-37(32)49)27-35(38)41-39(50)26-24-34-33-19-9-12-22-40(33)51-42(34)41;1-3-12-27(13-4-1)43-46-44(28-14-5-2-6-15-28)48-45(47-43)49-36-25-24-34-32-17-8-10-21-39(32)51-42(34)40(36)35-23-22-29(26-37(35)49)30-18-11-19-33-31-16-7-9-20-38(31)50-41(30)33;1-2-10-26(11-3-1)43-33-15-7-4-12-27(33)28-19-18-25(24-36(28)43)32-22-23-41-40(42-32)44-34-16-8-5-14-31(34)38-35(44)21-20-30-29-13-6-9-17-37(29)45-39(30)38/h1-27H;1-26H;1-24H.